The maximum Gasteiger partial charge on any atom is 0.293 e. The molecule has 0 aliphatic carbocycles. The number of hydrogen-bond donors (Lipinski definition) is 2. The standard InChI is InChI=1S/C7H7Cl2N.C3H6O3.C2H6/c1-10-5-2-3-6(8)7(9)4-5;4-1-2-6-3-5;1-2/h2-4,10H,1H3;3-4H,1-2H2;1-2H3. The van der Waals surface area contributed by atoms with Crippen LogP contribution in [0.25, 0.3) is 0 Å². The van der Waals surface area contributed by atoms with Crippen molar-refractivity contribution in [1.29, 1.82) is 0 Å². The van der Waals surface area contributed by atoms with Crippen molar-refractivity contribution in [2.45, 2.75) is 13.8 Å². The summed E-state index contributed by atoms with van der Waals surface area (Å²) in [5, 5.41) is 12.0. The van der Waals surface area contributed by atoms with Gasteiger partial charge in [-0.1, -0.05) is 37.0 Å². The molecular weight excluding hydrogens is 277 g/mol. The lowest BCUT2D eigenvalue weighted by Crippen LogP contribution is -1.95. The van der Waals surface area contributed by atoms with Gasteiger partial charge in [0.25, 0.3) is 6.47 Å². The lowest BCUT2D eigenvalue weighted by molar-refractivity contribution is -0.129. The van der Waals surface area contributed by atoms with Gasteiger partial charge in [0, 0.05) is 12.7 Å². The van der Waals surface area contributed by atoms with Crippen LogP contribution in [0.5, 0.6) is 0 Å². The van der Waals surface area contributed by atoms with Crippen molar-refractivity contribution < 1.29 is 14.6 Å². The molecule has 0 unspecified atom stereocenters. The molecule has 0 aromatic heterocycles. The lowest BCUT2D eigenvalue weighted by Gasteiger charge is -2.00. The predicted molar refractivity (Wildman–Crippen MR) is 76.5 cm³/mol. The van der Waals surface area contributed by atoms with Gasteiger partial charge >= 0.3 is 0 Å². The minimum atomic E-state index is -0.0985. The van der Waals surface area contributed by atoms with Gasteiger partial charge in [0.05, 0.1) is 16.7 Å². The van der Waals surface area contributed by atoms with Crippen LogP contribution in [0.3, 0.4) is 0 Å². The number of halogens is 2. The highest BCUT2D eigenvalue weighted by Gasteiger charge is 1.95. The average Bonchev–Trinajstić information content (AvgIpc) is 2.42. The van der Waals surface area contributed by atoms with E-state index in [1.54, 1.807) is 12.1 Å². The summed E-state index contributed by atoms with van der Waals surface area (Å²) >= 11 is 11.4. The Morgan fingerprint density at radius 2 is 1.94 bits per heavy atom. The van der Waals surface area contributed by atoms with Crippen molar-refractivity contribution >= 4 is 35.4 Å². The quantitative estimate of drug-likeness (QED) is 0.661. The molecule has 0 heterocycles. The highest BCUT2D eigenvalue weighted by molar-refractivity contribution is 6.42. The smallest absolute Gasteiger partial charge is 0.293 e. The van der Waals surface area contributed by atoms with E-state index in [2.05, 4.69) is 10.1 Å². The summed E-state index contributed by atoms with van der Waals surface area (Å²) in [6.07, 6.45) is 0. The molecular formula is C12H19Cl2NO3. The van der Waals surface area contributed by atoms with Gasteiger partial charge < -0.3 is 15.2 Å². The second-order valence-corrected chi connectivity index (χ2v) is 3.38. The maximum atomic E-state index is 9.23. The number of ether oxygens (including phenoxy) is 1. The molecule has 0 saturated heterocycles. The van der Waals surface area contributed by atoms with Crippen LogP contribution in [0.2, 0.25) is 10.0 Å². The molecule has 0 fully saturated rings. The molecule has 1 aromatic rings. The molecule has 0 amide bonds. The van der Waals surface area contributed by atoms with Gasteiger partial charge in [-0.2, -0.15) is 0 Å². The zero-order chi connectivity index (χ0) is 14.4. The first-order chi connectivity index (χ1) is 8.65. The van der Waals surface area contributed by atoms with Gasteiger partial charge in [0.2, 0.25) is 0 Å². The van der Waals surface area contributed by atoms with Crippen LogP contribution in [0.15, 0.2) is 18.2 Å². The van der Waals surface area contributed by atoms with E-state index in [4.69, 9.17) is 28.3 Å². The molecule has 0 spiro atoms. The van der Waals surface area contributed by atoms with E-state index in [1.165, 1.54) is 0 Å². The molecule has 0 atom stereocenters. The number of rotatable bonds is 4. The number of carbonyl (C=O) groups is 1. The third kappa shape index (κ3) is 10.2. The van der Waals surface area contributed by atoms with Gasteiger partial charge in [0.1, 0.15) is 6.61 Å². The number of hydrogen-bond acceptors (Lipinski definition) is 4. The van der Waals surface area contributed by atoms with E-state index in [1.807, 2.05) is 27.0 Å². The Hall–Kier alpha value is -0.970. The molecule has 2 N–H and O–H groups in total. The molecule has 0 saturated carbocycles. The Kier molecular flexibility index (Phi) is 15.2. The Morgan fingerprint density at radius 3 is 2.28 bits per heavy atom. The third-order valence-electron chi connectivity index (χ3n) is 1.49. The molecule has 6 heteroatoms. The zero-order valence-electron chi connectivity index (χ0n) is 10.7. The van der Waals surface area contributed by atoms with Crippen LogP contribution in [-0.2, 0) is 9.53 Å². The first kappa shape index (κ1) is 19.4. The summed E-state index contributed by atoms with van der Waals surface area (Å²) in [6.45, 7) is 4.30. The summed E-state index contributed by atoms with van der Waals surface area (Å²) in [7, 11) is 1.83. The molecule has 4 nitrogen and oxygen atoms in total. The van der Waals surface area contributed by atoms with E-state index < -0.39 is 0 Å². The summed E-state index contributed by atoms with van der Waals surface area (Å²) in [5.74, 6) is 0. The van der Waals surface area contributed by atoms with Crippen molar-refractivity contribution in [2.24, 2.45) is 0 Å². The van der Waals surface area contributed by atoms with Crippen molar-refractivity contribution in [3.05, 3.63) is 28.2 Å². The molecule has 1 aromatic carbocycles. The molecule has 0 bridgehead atoms. The van der Waals surface area contributed by atoms with Gasteiger partial charge in [-0.05, 0) is 18.2 Å². The van der Waals surface area contributed by atoms with Gasteiger partial charge in [0.15, 0.2) is 0 Å². The SMILES string of the molecule is CC.CNc1ccc(Cl)c(Cl)c1.O=COCCO. The zero-order valence-corrected chi connectivity index (χ0v) is 12.3. The van der Waals surface area contributed by atoms with Crippen molar-refractivity contribution in [1.82, 2.24) is 0 Å². The molecule has 0 aliphatic heterocycles. The fraction of sp³-hybridized carbons (Fsp3) is 0.417. The Balaban J connectivity index is 0. The fourth-order valence-electron chi connectivity index (χ4n) is 0.752. The van der Waals surface area contributed by atoms with Crippen LogP contribution in [0, 0.1) is 0 Å². The van der Waals surface area contributed by atoms with Crippen molar-refractivity contribution in [2.75, 3.05) is 25.6 Å². The van der Waals surface area contributed by atoms with Crippen molar-refractivity contribution in [3.63, 3.8) is 0 Å². The average molecular weight is 296 g/mol. The van der Waals surface area contributed by atoms with Crippen LogP contribution < -0.4 is 5.32 Å². The number of aliphatic hydroxyl groups is 1. The minimum Gasteiger partial charge on any atom is -0.465 e. The van der Waals surface area contributed by atoms with E-state index in [0.29, 0.717) is 16.5 Å². The molecule has 104 valence electrons. The van der Waals surface area contributed by atoms with E-state index in [9.17, 15) is 4.79 Å². The molecule has 0 aliphatic rings. The monoisotopic (exact) mass is 295 g/mol. The predicted octanol–water partition coefficient (Wildman–Crippen LogP) is 3.21. The normalized spacial score (nSPS) is 8.11. The van der Waals surface area contributed by atoms with Crippen LogP contribution in [0.4, 0.5) is 5.69 Å². The summed E-state index contributed by atoms with van der Waals surface area (Å²) in [5.41, 5.74) is 0.967. The third-order valence-corrected chi connectivity index (χ3v) is 2.22. The van der Waals surface area contributed by atoms with Crippen LogP contribution >= 0.6 is 23.2 Å². The van der Waals surface area contributed by atoms with E-state index in [-0.39, 0.29) is 13.2 Å². The Morgan fingerprint density at radius 1 is 1.33 bits per heavy atom. The Bertz CT molecular complexity index is 322. The number of aliphatic hydroxyl groups excluding tert-OH is 1. The molecule has 0 radical (unpaired) electrons. The number of nitrogens with one attached hydrogen (secondary N) is 1. The lowest BCUT2D eigenvalue weighted by atomic mass is 10.3. The first-order valence-electron chi connectivity index (χ1n) is 5.44. The largest absolute Gasteiger partial charge is 0.465 e. The number of carbonyl (C=O) groups excluding carboxylic acids is 1. The van der Waals surface area contributed by atoms with Gasteiger partial charge in [-0.3, -0.25) is 4.79 Å². The minimum absolute atomic E-state index is 0.0985. The fourth-order valence-corrected chi connectivity index (χ4v) is 1.05. The van der Waals surface area contributed by atoms with Gasteiger partial charge in [-0.15, -0.1) is 0 Å². The highest BCUT2D eigenvalue weighted by atomic mass is 35.5. The Labute approximate surface area is 118 Å². The number of anilines is 1. The maximum absolute atomic E-state index is 9.23. The van der Waals surface area contributed by atoms with Crippen LogP contribution in [0.1, 0.15) is 13.8 Å². The topological polar surface area (TPSA) is 58.6 Å². The van der Waals surface area contributed by atoms with Crippen molar-refractivity contribution in [3.8, 4) is 0 Å². The second-order valence-electron chi connectivity index (χ2n) is 2.57. The van der Waals surface area contributed by atoms with Crippen LogP contribution in [-0.4, -0.2) is 31.8 Å². The summed E-state index contributed by atoms with van der Waals surface area (Å²) < 4.78 is 4.05. The summed E-state index contributed by atoms with van der Waals surface area (Å²) in [4.78, 5) is 9.23. The van der Waals surface area contributed by atoms with Gasteiger partial charge in [-0.25, -0.2) is 0 Å². The summed E-state index contributed by atoms with van der Waals surface area (Å²) in [6, 6.07) is 5.41. The molecule has 1 rings (SSSR count). The first-order valence-corrected chi connectivity index (χ1v) is 6.20. The molecule has 18 heavy (non-hydrogen) atoms. The highest BCUT2D eigenvalue weighted by Crippen LogP contribution is 2.24. The number of benzene rings is 1. The van der Waals surface area contributed by atoms with E-state index >= 15 is 0 Å². The van der Waals surface area contributed by atoms with E-state index in [0.717, 1.165) is 5.69 Å². The second kappa shape index (κ2) is 14.1.